The zero-order valence-electron chi connectivity index (χ0n) is 12.9. The van der Waals surface area contributed by atoms with E-state index >= 15 is 0 Å². The molecule has 1 aromatic heterocycles. The summed E-state index contributed by atoms with van der Waals surface area (Å²) >= 11 is 0. The Hall–Kier alpha value is -2.30. The fourth-order valence-electron chi connectivity index (χ4n) is 1.91. The Labute approximate surface area is 125 Å². The third-order valence-electron chi connectivity index (χ3n) is 3.04. The first kappa shape index (κ1) is 15.1. The summed E-state index contributed by atoms with van der Waals surface area (Å²) in [5.74, 6) is 2.26. The number of H-pyrrole nitrogens is 1. The third-order valence-corrected chi connectivity index (χ3v) is 3.04. The van der Waals surface area contributed by atoms with Crippen molar-refractivity contribution in [1.29, 1.82) is 0 Å². The van der Waals surface area contributed by atoms with E-state index in [1.807, 2.05) is 24.4 Å². The second kappa shape index (κ2) is 7.47. The van der Waals surface area contributed by atoms with E-state index in [1.54, 1.807) is 7.05 Å². The Kier molecular flexibility index (Phi) is 5.37. The maximum Gasteiger partial charge on any atom is 0.191 e. The summed E-state index contributed by atoms with van der Waals surface area (Å²) in [6.07, 6.45) is 1.86. The lowest BCUT2D eigenvalue weighted by molar-refractivity contribution is 0.613. The molecular weight excluding hydrogens is 262 g/mol. The van der Waals surface area contributed by atoms with Crippen molar-refractivity contribution in [3.63, 3.8) is 0 Å². The second-order valence-corrected chi connectivity index (χ2v) is 5.31. The predicted octanol–water partition coefficient (Wildman–Crippen LogP) is 2.40. The Morgan fingerprint density at radius 1 is 1.24 bits per heavy atom. The number of imidazole rings is 1. The topological polar surface area (TPSA) is 65.1 Å². The first-order valence-electron chi connectivity index (χ1n) is 7.23. The van der Waals surface area contributed by atoms with Crippen LogP contribution in [-0.4, -0.2) is 29.5 Å². The highest BCUT2D eigenvalue weighted by Gasteiger charge is 2.04. The van der Waals surface area contributed by atoms with Crippen LogP contribution in [0.3, 0.4) is 0 Å². The Morgan fingerprint density at radius 2 is 2.00 bits per heavy atom. The monoisotopic (exact) mass is 285 g/mol. The minimum absolute atomic E-state index is 0.580. The van der Waals surface area contributed by atoms with Crippen molar-refractivity contribution in [3.05, 3.63) is 42.4 Å². The fraction of sp³-hybridized carbons (Fsp3) is 0.375. The molecular formula is C16H23N5. The van der Waals surface area contributed by atoms with Crippen LogP contribution in [-0.2, 0) is 6.54 Å². The van der Waals surface area contributed by atoms with Gasteiger partial charge in [-0.1, -0.05) is 44.2 Å². The molecule has 1 aromatic carbocycles. The summed E-state index contributed by atoms with van der Waals surface area (Å²) in [6.45, 7) is 5.84. The molecule has 112 valence electrons. The number of guanidine groups is 1. The van der Waals surface area contributed by atoms with Crippen LogP contribution in [0.25, 0.3) is 11.3 Å². The van der Waals surface area contributed by atoms with E-state index in [9.17, 15) is 0 Å². The van der Waals surface area contributed by atoms with Gasteiger partial charge in [-0.15, -0.1) is 0 Å². The molecule has 2 rings (SSSR count). The highest BCUT2D eigenvalue weighted by atomic mass is 15.2. The second-order valence-electron chi connectivity index (χ2n) is 5.31. The number of hydrogen-bond acceptors (Lipinski definition) is 2. The largest absolute Gasteiger partial charge is 0.356 e. The molecule has 0 fully saturated rings. The summed E-state index contributed by atoms with van der Waals surface area (Å²) in [6, 6.07) is 10.2. The van der Waals surface area contributed by atoms with Crippen molar-refractivity contribution >= 4 is 5.96 Å². The van der Waals surface area contributed by atoms with Crippen LogP contribution >= 0.6 is 0 Å². The Morgan fingerprint density at radius 3 is 2.67 bits per heavy atom. The molecule has 0 bridgehead atoms. The van der Waals surface area contributed by atoms with Gasteiger partial charge in [0.15, 0.2) is 5.96 Å². The summed E-state index contributed by atoms with van der Waals surface area (Å²) in [5.41, 5.74) is 2.16. The van der Waals surface area contributed by atoms with E-state index in [2.05, 4.69) is 51.6 Å². The van der Waals surface area contributed by atoms with Gasteiger partial charge in [0.1, 0.15) is 5.82 Å². The molecule has 0 unspecified atom stereocenters. The van der Waals surface area contributed by atoms with Crippen molar-refractivity contribution < 1.29 is 0 Å². The zero-order valence-corrected chi connectivity index (χ0v) is 12.9. The third kappa shape index (κ3) is 4.63. The molecule has 1 heterocycles. The van der Waals surface area contributed by atoms with Crippen LogP contribution < -0.4 is 10.6 Å². The van der Waals surface area contributed by atoms with Crippen LogP contribution in [0, 0.1) is 5.92 Å². The number of hydrogen-bond donors (Lipinski definition) is 3. The van der Waals surface area contributed by atoms with Crippen molar-refractivity contribution in [2.24, 2.45) is 10.9 Å². The molecule has 0 saturated carbocycles. The molecule has 0 radical (unpaired) electrons. The highest BCUT2D eigenvalue weighted by Crippen LogP contribution is 2.15. The lowest BCUT2D eigenvalue weighted by atomic mass is 10.2. The molecule has 0 spiro atoms. The average molecular weight is 285 g/mol. The van der Waals surface area contributed by atoms with Crippen LogP contribution in [0.15, 0.2) is 41.5 Å². The van der Waals surface area contributed by atoms with Crippen molar-refractivity contribution in [3.8, 4) is 11.3 Å². The van der Waals surface area contributed by atoms with Crippen LogP contribution in [0.1, 0.15) is 19.7 Å². The van der Waals surface area contributed by atoms with Crippen molar-refractivity contribution in [2.45, 2.75) is 20.4 Å². The van der Waals surface area contributed by atoms with Gasteiger partial charge in [0.2, 0.25) is 0 Å². The smallest absolute Gasteiger partial charge is 0.191 e. The minimum atomic E-state index is 0.580. The molecule has 0 saturated heterocycles. The van der Waals surface area contributed by atoms with Crippen LogP contribution in [0.4, 0.5) is 0 Å². The van der Waals surface area contributed by atoms with E-state index in [0.717, 1.165) is 29.6 Å². The van der Waals surface area contributed by atoms with Crippen molar-refractivity contribution in [2.75, 3.05) is 13.6 Å². The molecule has 0 aliphatic carbocycles. The standard InChI is InChI=1S/C16H23N5/c1-12(2)9-19-16(17-3)20-11-15-18-10-14(21-15)13-7-5-4-6-8-13/h4-8,10,12H,9,11H2,1-3H3,(H,18,21)(H2,17,19,20). The molecule has 0 atom stereocenters. The first-order chi connectivity index (χ1) is 10.2. The number of nitrogens with one attached hydrogen (secondary N) is 3. The van der Waals surface area contributed by atoms with Gasteiger partial charge in [0.05, 0.1) is 18.4 Å². The summed E-state index contributed by atoms with van der Waals surface area (Å²) < 4.78 is 0. The van der Waals surface area contributed by atoms with Crippen LogP contribution in [0.2, 0.25) is 0 Å². The van der Waals surface area contributed by atoms with Gasteiger partial charge in [0, 0.05) is 13.6 Å². The van der Waals surface area contributed by atoms with E-state index < -0.39 is 0 Å². The lowest BCUT2D eigenvalue weighted by Gasteiger charge is -2.12. The highest BCUT2D eigenvalue weighted by molar-refractivity contribution is 5.79. The first-order valence-corrected chi connectivity index (χ1v) is 7.23. The molecule has 2 aromatic rings. The zero-order chi connectivity index (χ0) is 15.1. The van der Waals surface area contributed by atoms with Gasteiger partial charge in [-0.3, -0.25) is 4.99 Å². The number of aromatic amines is 1. The number of rotatable bonds is 5. The fourth-order valence-corrected chi connectivity index (χ4v) is 1.91. The van der Waals surface area contributed by atoms with E-state index in [-0.39, 0.29) is 0 Å². The number of aliphatic imine (C=N–C) groups is 1. The van der Waals surface area contributed by atoms with Gasteiger partial charge >= 0.3 is 0 Å². The van der Waals surface area contributed by atoms with Gasteiger partial charge in [-0.05, 0) is 11.5 Å². The van der Waals surface area contributed by atoms with Crippen LogP contribution in [0.5, 0.6) is 0 Å². The molecule has 21 heavy (non-hydrogen) atoms. The van der Waals surface area contributed by atoms with E-state index in [1.165, 1.54) is 0 Å². The van der Waals surface area contributed by atoms with E-state index in [4.69, 9.17) is 0 Å². The molecule has 3 N–H and O–H groups in total. The minimum Gasteiger partial charge on any atom is -0.356 e. The number of benzene rings is 1. The molecule has 0 aliphatic rings. The van der Waals surface area contributed by atoms with Gasteiger partial charge < -0.3 is 15.6 Å². The summed E-state index contributed by atoms with van der Waals surface area (Å²) in [5, 5.41) is 6.53. The molecule has 5 nitrogen and oxygen atoms in total. The molecule has 0 aliphatic heterocycles. The molecule has 5 heteroatoms. The average Bonchev–Trinajstić information content (AvgIpc) is 2.97. The maximum atomic E-state index is 4.39. The quantitative estimate of drug-likeness (QED) is 0.584. The van der Waals surface area contributed by atoms with Gasteiger partial charge in [-0.2, -0.15) is 0 Å². The SMILES string of the molecule is CN=C(NCc1ncc(-c2ccccc2)[nH]1)NCC(C)C. The predicted molar refractivity (Wildman–Crippen MR) is 87.1 cm³/mol. The van der Waals surface area contributed by atoms with Crippen molar-refractivity contribution in [1.82, 2.24) is 20.6 Å². The Balaban J connectivity index is 1.91. The lowest BCUT2D eigenvalue weighted by Crippen LogP contribution is -2.38. The number of nitrogens with zero attached hydrogens (tertiary/aromatic N) is 2. The molecule has 0 amide bonds. The van der Waals surface area contributed by atoms with E-state index in [0.29, 0.717) is 12.5 Å². The summed E-state index contributed by atoms with van der Waals surface area (Å²) in [7, 11) is 1.77. The van der Waals surface area contributed by atoms with Gasteiger partial charge in [-0.25, -0.2) is 4.98 Å². The normalized spacial score (nSPS) is 11.7. The maximum absolute atomic E-state index is 4.39. The summed E-state index contributed by atoms with van der Waals surface area (Å²) in [4.78, 5) is 11.9. The van der Waals surface area contributed by atoms with Gasteiger partial charge in [0.25, 0.3) is 0 Å². The Bertz CT molecular complexity index is 571. The number of aromatic nitrogens is 2.